The molecule has 16 heavy (non-hydrogen) atoms. The molecule has 1 aliphatic rings. The molecule has 96 valence electrons. The van der Waals surface area contributed by atoms with Gasteiger partial charge in [-0.25, -0.2) is 8.42 Å². The van der Waals surface area contributed by atoms with E-state index >= 15 is 0 Å². The maximum Gasteiger partial charge on any atom is 0.193 e. The van der Waals surface area contributed by atoms with Gasteiger partial charge in [0, 0.05) is 0 Å². The molecule has 0 aromatic heterocycles. The average Bonchev–Trinajstić information content (AvgIpc) is 2.37. The molecule has 0 amide bonds. The Balaban J connectivity index is 3.38. The van der Waals surface area contributed by atoms with Crippen molar-refractivity contribution in [1.29, 1.82) is 0 Å². The van der Waals surface area contributed by atoms with Gasteiger partial charge in [0.05, 0.1) is 11.8 Å². The SMILES string of the molecule is CN(C)C1CCS(=O)(=O)C1(N(C)C)N(C)C. The third kappa shape index (κ3) is 1.68. The Kier molecular flexibility index (Phi) is 3.69. The van der Waals surface area contributed by atoms with Crippen molar-refractivity contribution in [2.75, 3.05) is 48.0 Å². The van der Waals surface area contributed by atoms with Crippen LogP contribution in [0.25, 0.3) is 0 Å². The first kappa shape index (κ1) is 13.9. The van der Waals surface area contributed by atoms with E-state index in [0.29, 0.717) is 6.42 Å². The second kappa shape index (κ2) is 4.25. The van der Waals surface area contributed by atoms with Crippen molar-refractivity contribution in [2.45, 2.75) is 17.5 Å². The van der Waals surface area contributed by atoms with Crippen molar-refractivity contribution >= 4 is 9.84 Å². The molecule has 0 N–H and O–H groups in total. The third-order valence-corrected chi connectivity index (χ3v) is 6.15. The predicted molar refractivity (Wildman–Crippen MR) is 66.0 cm³/mol. The van der Waals surface area contributed by atoms with Crippen molar-refractivity contribution in [3.8, 4) is 0 Å². The molecule has 0 saturated carbocycles. The van der Waals surface area contributed by atoms with Gasteiger partial charge < -0.3 is 4.90 Å². The van der Waals surface area contributed by atoms with Crippen LogP contribution in [0.5, 0.6) is 0 Å². The number of hydrogen-bond acceptors (Lipinski definition) is 5. The standard InChI is InChI=1S/C10H23N3O2S/c1-11(2)9-7-8-16(14,15)10(9,12(3)4)13(5)6/h9H,7-8H2,1-6H3. The molecule has 0 aliphatic carbocycles. The highest BCUT2D eigenvalue weighted by molar-refractivity contribution is 7.93. The van der Waals surface area contributed by atoms with Gasteiger partial charge in [-0.3, -0.25) is 9.80 Å². The first-order valence-electron chi connectivity index (χ1n) is 5.41. The van der Waals surface area contributed by atoms with Crippen molar-refractivity contribution in [2.24, 2.45) is 0 Å². The number of hydrogen-bond donors (Lipinski definition) is 0. The molecule has 1 rings (SSSR count). The van der Waals surface area contributed by atoms with Crippen molar-refractivity contribution in [3.63, 3.8) is 0 Å². The second-order valence-corrected chi connectivity index (χ2v) is 7.27. The number of nitrogens with zero attached hydrogens (tertiary/aromatic N) is 3. The van der Waals surface area contributed by atoms with Crippen LogP contribution >= 0.6 is 0 Å². The zero-order valence-corrected chi connectivity index (χ0v) is 11.9. The zero-order valence-electron chi connectivity index (χ0n) is 11.1. The normalized spacial score (nSPS) is 28.2. The summed E-state index contributed by atoms with van der Waals surface area (Å²) in [5.74, 6) is 0.256. The molecule has 1 saturated heterocycles. The summed E-state index contributed by atoms with van der Waals surface area (Å²) in [5.41, 5.74) is 0. The minimum Gasteiger partial charge on any atom is -0.302 e. The fourth-order valence-corrected chi connectivity index (χ4v) is 5.65. The van der Waals surface area contributed by atoms with Crippen LogP contribution in [-0.2, 0) is 9.84 Å². The summed E-state index contributed by atoms with van der Waals surface area (Å²) >= 11 is 0. The fraction of sp³-hybridized carbons (Fsp3) is 1.00. The third-order valence-electron chi connectivity index (χ3n) is 3.46. The van der Waals surface area contributed by atoms with Crippen LogP contribution in [0, 0.1) is 0 Å². The van der Waals surface area contributed by atoms with E-state index in [1.807, 2.05) is 57.0 Å². The van der Waals surface area contributed by atoms with Crippen LogP contribution in [0.3, 0.4) is 0 Å². The largest absolute Gasteiger partial charge is 0.302 e. The van der Waals surface area contributed by atoms with Gasteiger partial charge in [-0.2, -0.15) is 0 Å². The van der Waals surface area contributed by atoms with Crippen LogP contribution < -0.4 is 0 Å². The Hall–Kier alpha value is -0.170. The van der Waals surface area contributed by atoms with Crippen LogP contribution in [0.4, 0.5) is 0 Å². The zero-order chi connectivity index (χ0) is 12.7. The van der Waals surface area contributed by atoms with Gasteiger partial charge in [-0.1, -0.05) is 0 Å². The Morgan fingerprint density at radius 3 is 1.69 bits per heavy atom. The lowest BCUT2D eigenvalue weighted by atomic mass is 10.1. The highest BCUT2D eigenvalue weighted by Gasteiger charge is 2.59. The van der Waals surface area contributed by atoms with E-state index in [1.54, 1.807) is 0 Å². The van der Waals surface area contributed by atoms with Gasteiger partial charge in [0.2, 0.25) is 0 Å². The minimum absolute atomic E-state index is 0.00231. The van der Waals surface area contributed by atoms with E-state index in [4.69, 9.17) is 0 Å². The van der Waals surface area contributed by atoms with Gasteiger partial charge in [0.15, 0.2) is 14.8 Å². The first-order valence-corrected chi connectivity index (χ1v) is 7.06. The van der Waals surface area contributed by atoms with Crippen LogP contribution in [0.1, 0.15) is 6.42 Å². The molecule has 1 heterocycles. The molecule has 0 bridgehead atoms. The van der Waals surface area contributed by atoms with E-state index in [0.717, 1.165) is 0 Å². The maximum atomic E-state index is 12.4. The Morgan fingerprint density at radius 2 is 1.44 bits per heavy atom. The molecule has 6 heteroatoms. The van der Waals surface area contributed by atoms with E-state index < -0.39 is 14.8 Å². The lowest BCUT2D eigenvalue weighted by Crippen LogP contribution is -2.67. The van der Waals surface area contributed by atoms with Crippen LogP contribution in [0.15, 0.2) is 0 Å². The average molecular weight is 249 g/mol. The molecular formula is C10H23N3O2S. The minimum atomic E-state index is -3.13. The number of likely N-dealkylation sites (N-methyl/N-ethyl adjacent to an activating group) is 3. The summed E-state index contributed by atoms with van der Waals surface area (Å²) in [7, 11) is 8.08. The van der Waals surface area contributed by atoms with Crippen molar-refractivity contribution in [3.05, 3.63) is 0 Å². The van der Waals surface area contributed by atoms with E-state index in [2.05, 4.69) is 0 Å². The van der Waals surface area contributed by atoms with Crippen LogP contribution in [-0.4, -0.2) is 82.2 Å². The van der Waals surface area contributed by atoms with E-state index in [1.165, 1.54) is 0 Å². The number of rotatable bonds is 3. The van der Waals surface area contributed by atoms with Gasteiger partial charge in [0.25, 0.3) is 0 Å². The Morgan fingerprint density at radius 1 is 1.00 bits per heavy atom. The summed E-state index contributed by atoms with van der Waals surface area (Å²) in [6, 6.07) is 0.00231. The van der Waals surface area contributed by atoms with E-state index in [9.17, 15) is 8.42 Å². The summed E-state index contributed by atoms with van der Waals surface area (Å²) < 4.78 is 24.7. The molecule has 1 atom stereocenters. The maximum absolute atomic E-state index is 12.4. The van der Waals surface area contributed by atoms with Gasteiger partial charge in [0.1, 0.15) is 0 Å². The van der Waals surface area contributed by atoms with E-state index in [-0.39, 0.29) is 11.8 Å². The lowest BCUT2D eigenvalue weighted by Gasteiger charge is -2.46. The monoisotopic (exact) mass is 249 g/mol. The summed E-state index contributed by atoms with van der Waals surface area (Å²) in [6.07, 6.45) is 0.686. The predicted octanol–water partition coefficient (Wildman–Crippen LogP) is -0.488. The summed E-state index contributed by atoms with van der Waals surface area (Å²) in [5, 5.41) is 0. The smallest absolute Gasteiger partial charge is 0.193 e. The lowest BCUT2D eigenvalue weighted by molar-refractivity contribution is 0.0163. The second-order valence-electron chi connectivity index (χ2n) is 5.03. The summed E-state index contributed by atoms with van der Waals surface area (Å²) in [4.78, 5) is 4.74. The van der Waals surface area contributed by atoms with Crippen LogP contribution in [0.2, 0.25) is 0 Å². The van der Waals surface area contributed by atoms with Gasteiger partial charge in [-0.05, 0) is 48.7 Å². The molecule has 0 aromatic carbocycles. The Bertz CT molecular complexity index is 341. The molecule has 1 aliphatic heterocycles. The molecule has 0 spiro atoms. The molecule has 1 unspecified atom stereocenters. The highest BCUT2D eigenvalue weighted by atomic mass is 32.2. The highest BCUT2D eigenvalue weighted by Crippen LogP contribution is 2.38. The molecular weight excluding hydrogens is 226 g/mol. The molecule has 5 nitrogen and oxygen atoms in total. The number of sulfone groups is 1. The molecule has 0 radical (unpaired) electrons. The fourth-order valence-electron chi connectivity index (χ4n) is 2.96. The molecule has 0 aromatic rings. The van der Waals surface area contributed by atoms with Gasteiger partial charge in [-0.15, -0.1) is 0 Å². The van der Waals surface area contributed by atoms with Crippen molar-refractivity contribution in [1.82, 2.24) is 14.7 Å². The quantitative estimate of drug-likeness (QED) is 0.632. The van der Waals surface area contributed by atoms with Crippen molar-refractivity contribution < 1.29 is 8.42 Å². The Labute approximate surface area is 98.9 Å². The topological polar surface area (TPSA) is 43.9 Å². The summed E-state index contributed by atoms with van der Waals surface area (Å²) in [6.45, 7) is 0. The molecule has 1 fully saturated rings. The van der Waals surface area contributed by atoms with Gasteiger partial charge >= 0.3 is 0 Å². The first-order chi connectivity index (χ1) is 7.18.